The van der Waals surface area contributed by atoms with E-state index in [9.17, 15) is 9.90 Å². The molecule has 0 amide bonds. The Kier molecular flexibility index (Phi) is 3.58. The van der Waals surface area contributed by atoms with Gasteiger partial charge in [-0.15, -0.1) is 0 Å². The van der Waals surface area contributed by atoms with Gasteiger partial charge in [0.2, 0.25) is 0 Å². The first-order valence-corrected chi connectivity index (χ1v) is 7.09. The number of hydrogen-bond acceptors (Lipinski definition) is 2. The van der Waals surface area contributed by atoms with E-state index in [-0.39, 0.29) is 5.56 Å². The third-order valence-electron chi connectivity index (χ3n) is 3.09. The molecule has 0 spiro atoms. The van der Waals surface area contributed by atoms with Crippen molar-refractivity contribution in [2.24, 2.45) is 0 Å². The Morgan fingerprint density at radius 1 is 1.05 bits per heavy atom. The minimum absolute atomic E-state index is 0.178. The first-order chi connectivity index (χ1) is 10.2. The monoisotopic (exact) mass is 342 g/mol. The number of hydrogen-bond donors (Lipinski definition) is 1. The standard InChI is InChI=1S/C16H11BrN2O2/c17-13-8-4-5-9-14(13)19-10-12(16(20)21)15(18-19)11-6-2-1-3-7-11/h1-10H,(H,20,21). The van der Waals surface area contributed by atoms with E-state index >= 15 is 0 Å². The lowest BCUT2D eigenvalue weighted by Gasteiger charge is -2.03. The molecule has 0 bridgehead atoms. The highest BCUT2D eigenvalue weighted by Gasteiger charge is 2.18. The average molecular weight is 343 g/mol. The van der Waals surface area contributed by atoms with Crippen LogP contribution in [0.1, 0.15) is 10.4 Å². The van der Waals surface area contributed by atoms with Crippen LogP contribution in [0.5, 0.6) is 0 Å². The SMILES string of the molecule is O=C(O)c1cn(-c2ccccc2Br)nc1-c1ccccc1. The maximum absolute atomic E-state index is 11.5. The maximum Gasteiger partial charge on any atom is 0.339 e. The lowest BCUT2D eigenvalue weighted by Crippen LogP contribution is -1.96. The molecule has 0 aliphatic rings. The van der Waals surface area contributed by atoms with Crippen LogP contribution in [0.25, 0.3) is 16.9 Å². The quantitative estimate of drug-likeness (QED) is 0.782. The van der Waals surface area contributed by atoms with Gasteiger partial charge in [0, 0.05) is 16.2 Å². The van der Waals surface area contributed by atoms with Crippen molar-refractivity contribution in [2.45, 2.75) is 0 Å². The van der Waals surface area contributed by atoms with E-state index in [1.165, 1.54) is 6.20 Å². The molecule has 4 nitrogen and oxygen atoms in total. The number of rotatable bonds is 3. The zero-order valence-electron chi connectivity index (χ0n) is 10.9. The van der Waals surface area contributed by atoms with E-state index in [4.69, 9.17) is 0 Å². The highest BCUT2D eigenvalue weighted by molar-refractivity contribution is 9.10. The molecule has 0 unspecified atom stereocenters. The second kappa shape index (κ2) is 5.54. The van der Waals surface area contributed by atoms with Gasteiger partial charge in [0.05, 0.1) is 5.69 Å². The summed E-state index contributed by atoms with van der Waals surface area (Å²) in [4.78, 5) is 11.5. The highest BCUT2D eigenvalue weighted by Crippen LogP contribution is 2.26. The van der Waals surface area contributed by atoms with Gasteiger partial charge in [-0.3, -0.25) is 0 Å². The summed E-state index contributed by atoms with van der Waals surface area (Å²) in [6.07, 6.45) is 1.53. The van der Waals surface area contributed by atoms with Crippen LogP contribution >= 0.6 is 15.9 Å². The fourth-order valence-electron chi connectivity index (χ4n) is 2.10. The van der Waals surface area contributed by atoms with Crippen molar-refractivity contribution in [3.05, 3.63) is 70.8 Å². The van der Waals surface area contributed by atoms with E-state index in [0.717, 1.165) is 15.7 Å². The fraction of sp³-hybridized carbons (Fsp3) is 0. The molecular formula is C16H11BrN2O2. The van der Waals surface area contributed by atoms with Gasteiger partial charge in [-0.05, 0) is 28.1 Å². The Morgan fingerprint density at radius 3 is 2.38 bits per heavy atom. The van der Waals surface area contributed by atoms with Crippen LogP contribution in [-0.4, -0.2) is 20.9 Å². The zero-order valence-corrected chi connectivity index (χ0v) is 12.5. The van der Waals surface area contributed by atoms with Gasteiger partial charge in [-0.1, -0.05) is 42.5 Å². The Bertz CT molecular complexity index is 797. The Balaban J connectivity index is 2.18. The Labute approximate surface area is 129 Å². The topological polar surface area (TPSA) is 55.1 Å². The molecule has 0 fully saturated rings. The molecule has 1 N–H and O–H groups in total. The molecule has 0 saturated heterocycles. The summed E-state index contributed by atoms with van der Waals surface area (Å²) in [5, 5.41) is 13.8. The van der Waals surface area contributed by atoms with Crippen LogP contribution in [0.15, 0.2) is 65.3 Å². The minimum Gasteiger partial charge on any atom is -0.478 e. The van der Waals surface area contributed by atoms with Crippen molar-refractivity contribution in [1.82, 2.24) is 9.78 Å². The van der Waals surface area contributed by atoms with Gasteiger partial charge in [0.1, 0.15) is 11.3 Å². The molecule has 0 aliphatic heterocycles. The molecular weight excluding hydrogens is 332 g/mol. The summed E-state index contributed by atoms with van der Waals surface area (Å²) >= 11 is 3.45. The summed E-state index contributed by atoms with van der Waals surface area (Å²) < 4.78 is 2.43. The summed E-state index contributed by atoms with van der Waals surface area (Å²) in [6.45, 7) is 0. The van der Waals surface area contributed by atoms with Gasteiger partial charge in [-0.25, -0.2) is 9.48 Å². The van der Waals surface area contributed by atoms with Crippen LogP contribution in [-0.2, 0) is 0 Å². The molecule has 0 radical (unpaired) electrons. The maximum atomic E-state index is 11.5. The van der Waals surface area contributed by atoms with Crippen molar-refractivity contribution in [3.63, 3.8) is 0 Å². The molecule has 2 aromatic carbocycles. The van der Waals surface area contributed by atoms with Gasteiger partial charge >= 0.3 is 5.97 Å². The molecule has 104 valence electrons. The molecule has 21 heavy (non-hydrogen) atoms. The van der Waals surface area contributed by atoms with Gasteiger partial charge in [0.15, 0.2) is 0 Å². The van der Waals surface area contributed by atoms with Crippen molar-refractivity contribution >= 4 is 21.9 Å². The largest absolute Gasteiger partial charge is 0.478 e. The average Bonchev–Trinajstić information content (AvgIpc) is 2.94. The van der Waals surface area contributed by atoms with Crippen LogP contribution in [0.3, 0.4) is 0 Å². The third-order valence-corrected chi connectivity index (χ3v) is 3.76. The van der Waals surface area contributed by atoms with E-state index < -0.39 is 5.97 Å². The number of para-hydroxylation sites is 1. The number of carboxylic acids is 1. The fourth-order valence-corrected chi connectivity index (χ4v) is 2.57. The molecule has 1 heterocycles. The van der Waals surface area contributed by atoms with Crippen molar-refractivity contribution in [1.29, 1.82) is 0 Å². The minimum atomic E-state index is -0.993. The Morgan fingerprint density at radius 2 is 1.71 bits per heavy atom. The van der Waals surface area contributed by atoms with E-state index in [1.807, 2.05) is 54.6 Å². The lowest BCUT2D eigenvalue weighted by molar-refractivity contribution is 0.0697. The number of carbonyl (C=O) groups is 1. The van der Waals surface area contributed by atoms with E-state index in [1.54, 1.807) is 4.68 Å². The van der Waals surface area contributed by atoms with Crippen LogP contribution in [0, 0.1) is 0 Å². The van der Waals surface area contributed by atoms with Crippen LogP contribution in [0.4, 0.5) is 0 Å². The van der Waals surface area contributed by atoms with Crippen molar-refractivity contribution < 1.29 is 9.90 Å². The zero-order chi connectivity index (χ0) is 14.8. The first-order valence-electron chi connectivity index (χ1n) is 6.30. The number of aromatic carboxylic acids is 1. The molecule has 3 rings (SSSR count). The molecule has 0 atom stereocenters. The van der Waals surface area contributed by atoms with Gasteiger partial charge in [-0.2, -0.15) is 5.10 Å². The number of carboxylic acid groups (broad SMARTS) is 1. The van der Waals surface area contributed by atoms with E-state index in [2.05, 4.69) is 21.0 Å². The van der Waals surface area contributed by atoms with Gasteiger partial charge < -0.3 is 5.11 Å². The summed E-state index contributed by atoms with van der Waals surface area (Å²) in [5.41, 5.74) is 2.21. The molecule has 3 aromatic rings. The number of aromatic nitrogens is 2. The smallest absolute Gasteiger partial charge is 0.339 e. The second-order valence-electron chi connectivity index (χ2n) is 4.46. The number of halogens is 1. The summed E-state index contributed by atoms with van der Waals surface area (Å²) in [5.74, 6) is -0.993. The van der Waals surface area contributed by atoms with Crippen molar-refractivity contribution in [2.75, 3.05) is 0 Å². The molecule has 0 aliphatic carbocycles. The third kappa shape index (κ3) is 2.60. The highest BCUT2D eigenvalue weighted by atomic mass is 79.9. The lowest BCUT2D eigenvalue weighted by atomic mass is 10.1. The molecule has 5 heteroatoms. The number of benzene rings is 2. The number of nitrogens with zero attached hydrogens (tertiary/aromatic N) is 2. The summed E-state index contributed by atoms with van der Waals surface area (Å²) in [7, 11) is 0. The van der Waals surface area contributed by atoms with Crippen LogP contribution < -0.4 is 0 Å². The molecule has 0 saturated carbocycles. The van der Waals surface area contributed by atoms with E-state index in [0.29, 0.717) is 5.69 Å². The molecule has 1 aromatic heterocycles. The summed E-state index contributed by atoms with van der Waals surface area (Å²) in [6, 6.07) is 16.8. The Hall–Kier alpha value is -2.40. The predicted molar refractivity (Wildman–Crippen MR) is 83.7 cm³/mol. The van der Waals surface area contributed by atoms with Crippen LogP contribution in [0.2, 0.25) is 0 Å². The second-order valence-corrected chi connectivity index (χ2v) is 5.31. The predicted octanol–water partition coefficient (Wildman–Crippen LogP) is 4.00. The first kappa shape index (κ1) is 13.6. The normalized spacial score (nSPS) is 10.5. The van der Waals surface area contributed by atoms with Crippen molar-refractivity contribution in [3.8, 4) is 16.9 Å². The van der Waals surface area contributed by atoms with Gasteiger partial charge in [0.25, 0.3) is 0 Å².